The Bertz CT molecular complexity index is 977. The first kappa shape index (κ1) is 13.2. The second-order valence-electron chi connectivity index (χ2n) is 5.10. The number of rotatable bonds is 2. The van der Waals surface area contributed by atoms with Crippen molar-refractivity contribution in [2.45, 2.75) is 0 Å². The molecule has 0 aliphatic carbocycles. The highest BCUT2D eigenvalue weighted by molar-refractivity contribution is 6.31. The van der Waals surface area contributed by atoms with E-state index in [1.54, 1.807) is 7.11 Å². The Morgan fingerprint density at radius 3 is 2.55 bits per heavy atom. The second-order valence-corrected chi connectivity index (χ2v) is 5.53. The third-order valence-electron chi connectivity index (χ3n) is 3.78. The highest BCUT2D eigenvalue weighted by Crippen LogP contribution is 2.32. The normalized spacial score (nSPS) is 11.2. The van der Waals surface area contributed by atoms with Crippen LogP contribution in [0.2, 0.25) is 5.02 Å². The van der Waals surface area contributed by atoms with Crippen LogP contribution in [0.1, 0.15) is 0 Å². The molecule has 0 spiro atoms. The number of hydrogen-bond acceptors (Lipinski definition) is 2. The van der Waals surface area contributed by atoms with E-state index < -0.39 is 0 Å². The fourth-order valence-corrected chi connectivity index (χ4v) is 2.93. The smallest absolute Gasteiger partial charge is 0.119 e. The van der Waals surface area contributed by atoms with E-state index >= 15 is 0 Å². The van der Waals surface area contributed by atoms with Crippen LogP contribution in [0.5, 0.6) is 5.75 Å². The summed E-state index contributed by atoms with van der Waals surface area (Å²) < 4.78 is 7.46. The number of benzene rings is 2. The predicted molar refractivity (Wildman–Crippen MR) is 90.1 cm³/mol. The predicted octanol–water partition coefficient (Wildman–Crippen LogP) is 4.84. The van der Waals surface area contributed by atoms with E-state index in [0.29, 0.717) is 5.02 Å². The molecule has 0 saturated heterocycles. The van der Waals surface area contributed by atoms with Crippen molar-refractivity contribution in [1.82, 2.24) is 9.55 Å². The van der Waals surface area contributed by atoms with Crippen LogP contribution in [0.15, 0.2) is 60.9 Å². The molecular formula is C18H13ClN2O. The van der Waals surface area contributed by atoms with Gasteiger partial charge < -0.3 is 9.30 Å². The monoisotopic (exact) mass is 308 g/mol. The van der Waals surface area contributed by atoms with Gasteiger partial charge in [-0.2, -0.15) is 0 Å². The van der Waals surface area contributed by atoms with Gasteiger partial charge in [0.1, 0.15) is 5.75 Å². The summed E-state index contributed by atoms with van der Waals surface area (Å²) in [6.45, 7) is 0. The van der Waals surface area contributed by atoms with Crippen molar-refractivity contribution in [3.05, 3.63) is 65.9 Å². The summed E-state index contributed by atoms with van der Waals surface area (Å²) in [5, 5.41) is 2.79. The van der Waals surface area contributed by atoms with E-state index in [1.807, 2.05) is 60.9 Å². The number of aromatic nitrogens is 2. The number of pyridine rings is 1. The van der Waals surface area contributed by atoms with Crippen molar-refractivity contribution in [1.29, 1.82) is 0 Å². The lowest BCUT2D eigenvalue weighted by atomic mass is 10.1. The molecule has 0 aliphatic heterocycles. The Hall–Kier alpha value is -2.52. The lowest BCUT2D eigenvalue weighted by molar-refractivity contribution is 0.415. The largest absolute Gasteiger partial charge is 0.497 e. The summed E-state index contributed by atoms with van der Waals surface area (Å²) >= 11 is 6.13. The molecule has 0 atom stereocenters. The Labute approximate surface area is 132 Å². The van der Waals surface area contributed by atoms with Gasteiger partial charge in [0.2, 0.25) is 0 Å². The number of fused-ring (bicyclic) bond motifs is 2. The maximum atomic E-state index is 6.13. The van der Waals surface area contributed by atoms with Crippen molar-refractivity contribution in [2.24, 2.45) is 0 Å². The Kier molecular flexibility index (Phi) is 3.01. The number of methoxy groups -OCH3 is 1. The van der Waals surface area contributed by atoms with Gasteiger partial charge in [-0.25, -0.2) is 4.98 Å². The maximum Gasteiger partial charge on any atom is 0.119 e. The van der Waals surface area contributed by atoms with E-state index in [4.69, 9.17) is 21.3 Å². The molecule has 4 heteroatoms. The minimum atomic E-state index is 0.686. The molecule has 0 aliphatic rings. The zero-order valence-corrected chi connectivity index (χ0v) is 12.7. The lowest BCUT2D eigenvalue weighted by Crippen LogP contribution is -1.96. The molecule has 0 bridgehead atoms. The van der Waals surface area contributed by atoms with Gasteiger partial charge in [-0.1, -0.05) is 11.6 Å². The van der Waals surface area contributed by atoms with Crippen LogP contribution in [-0.4, -0.2) is 16.7 Å². The molecule has 0 radical (unpaired) electrons. The molecule has 22 heavy (non-hydrogen) atoms. The van der Waals surface area contributed by atoms with Crippen LogP contribution in [0.4, 0.5) is 0 Å². The SMILES string of the molecule is COc1ccc2nc3cc(Cl)ccc3c(-n3cccc3)c2c1. The molecule has 2 heterocycles. The van der Waals surface area contributed by atoms with Gasteiger partial charge >= 0.3 is 0 Å². The first-order chi connectivity index (χ1) is 10.8. The summed E-state index contributed by atoms with van der Waals surface area (Å²) in [6, 6.07) is 15.7. The summed E-state index contributed by atoms with van der Waals surface area (Å²) in [4.78, 5) is 4.73. The highest BCUT2D eigenvalue weighted by atomic mass is 35.5. The van der Waals surface area contributed by atoms with Gasteiger partial charge in [-0.3, -0.25) is 0 Å². The van der Waals surface area contributed by atoms with Crippen molar-refractivity contribution < 1.29 is 4.74 Å². The van der Waals surface area contributed by atoms with Crippen LogP contribution in [0.25, 0.3) is 27.5 Å². The van der Waals surface area contributed by atoms with Gasteiger partial charge in [-0.05, 0) is 48.5 Å². The van der Waals surface area contributed by atoms with E-state index in [1.165, 1.54) is 0 Å². The fraction of sp³-hybridized carbons (Fsp3) is 0.0556. The Balaban J connectivity index is 2.20. The zero-order valence-electron chi connectivity index (χ0n) is 12.0. The molecule has 0 unspecified atom stereocenters. The highest BCUT2D eigenvalue weighted by Gasteiger charge is 2.11. The quantitative estimate of drug-likeness (QED) is 0.495. The first-order valence-electron chi connectivity index (χ1n) is 6.96. The molecule has 4 aromatic rings. The Morgan fingerprint density at radius 1 is 0.955 bits per heavy atom. The zero-order chi connectivity index (χ0) is 15.1. The van der Waals surface area contributed by atoms with Crippen LogP contribution in [0, 0.1) is 0 Å². The standard InChI is InChI=1S/C18H13ClN2O/c1-22-13-5-7-16-15(11-13)18(21-8-2-3-9-21)14-6-4-12(19)10-17(14)20-16/h2-11H,1H3. The molecule has 3 nitrogen and oxygen atoms in total. The lowest BCUT2D eigenvalue weighted by Gasteiger charge is -2.13. The molecule has 0 amide bonds. The van der Waals surface area contributed by atoms with Crippen LogP contribution < -0.4 is 4.74 Å². The van der Waals surface area contributed by atoms with E-state index in [9.17, 15) is 0 Å². The third-order valence-corrected chi connectivity index (χ3v) is 4.01. The maximum absolute atomic E-state index is 6.13. The van der Waals surface area contributed by atoms with Crippen molar-refractivity contribution in [3.63, 3.8) is 0 Å². The van der Waals surface area contributed by atoms with Gasteiger partial charge in [0.15, 0.2) is 0 Å². The van der Waals surface area contributed by atoms with Gasteiger partial charge in [0.25, 0.3) is 0 Å². The average molecular weight is 309 g/mol. The van der Waals surface area contributed by atoms with E-state index in [2.05, 4.69) is 4.57 Å². The van der Waals surface area contributed by atoms with Gasteiger partial charge in [-0.15, -0.1) is 0 Å². The van der Waals surface area contributed by atoms with Crippen LogP contribution in [-0.2, 0) is 0 Å². The topological polar surface area (TPSA) is 27.1 Å². The molecule has 2 aromatic heterocycles. The molecular weight excluding hydrogens is 296 g/mol. The number of ether oxygens (including phenoxy) is 1. The van der Waals surface area contributed by atoms with Crippen molar-refractivity contribution in [3.8, 4) is 11.4 Å². The van der Waals surface area contributed by atoms with Gasteiger partial charge in [0, 0.05) is 28.2 Å². The summed E-state index contributed by atoms with van der Waals surface area (Å²) in [5.74, 6) is 0.816. The summed E-state index contributed by atoms with van der Waals surface area (Å²) in [5.41, 5.74) is 2.88. The Morgan fingerprint density at radius 2 is 1.77 bits per heavy atom. The molecule has 2 aromatic carbocycles. The third kappa shape index (κ3) is 2.02. The number of nitrogens with zero attached hydrogens (tertiary/aromatic N) is 2. The van der Waals surface area contributed by atoms with E-state index in [-0.39, 0.29) is 0 Å². The van der Waals surface area contributed by atoms with Crippen molar-refractivity contribution in [2.75, 3.05) is 7.11 Å². The average Bonchev–Trinajstić information content (AvgIpc) is 3.06. The molecule has 0 N–H and O–H groups in total. The second kappa shape index (κ2) is 5.04. The van der Waals surface area contributed by atoms with E-state index in [0.717, 1.165) is 33.2 Å². The van der Waals surface area contributed by atoms with Gasteiger partial charge in [0.05, 0.1) is 23.8 Å². The molecule has 0 fully saturated rings. The van der Waals surface area contributed by atoms with Crippen LogP contribution in [0.3, 0.4) is 0 Å². The summed E-state index contributed by atoms with van der Waals surface area (Å²) in [7, 11) is 1.67. The fourth-order valence-electron chi connectivity index (χ4n) is 2.76. The minimum absolute atomic E-state index is 0.686. The van der Waals surface area contributed by atoms with Crippen molar-refractivity contribution >= 4 is 33.4 Å². The summed E-state index contributed by atoms with van der Waals surface area (Å²) in [6.07, 6.45) is 4.06. The molecule has 0 saturated carbocycles. The van der Waals surface area contributed by atoms with Crippen LogP contribution >= 0.6 is 11.6 Å². The molecule has 4 rings (SSSR count). The molecule has 108 valence electrons. The minimum Gasteiger partial charge on any atom is -0.497 e. The number of halogens is 1. The number of hydrogen-bond donors (Lipinski definition) is 0. The first-order valence-corrected chi connectivity index (χ1v) is 7.34.